The smallest absolute Gasteiger partial charge is 0.291 e. The normalized spacial score (nSPS) is 10.8. The first-order chi connectivity index (χ1) is 8.17. The summed E-state index contributed by atoms with van der Waals surface area (Å²) in [6.07, 6.45) is 1.56. The van der Waals surface area contributed by atoms with Crippen molar-refractivity contribution in [1.82, 2.24) is 0 Å². The predicted octanol–water partition coefficient (Wildman–Crippen LogP) is 3.06. The van der Waals surface area contributed by atoms with Gasteiger partial charge in [0, 0.05) is 0 Å². The topological polar surface area (TPSA) is 39.4 Å². The zero-order valence-corrected chi connectivity index (χ0v) is 10.4. The van der Waals surface area contributed by atoms with Crippen LogP contribution in [0.25, 0.3) is 11.0 Å². The highest BCUT2D eigenvalue weighted by molar-refractivity contribution is 5.78. The monoisotopic (exact) mass is 232 g/mol. The maximum absolute atomic E-state index is 12.3. The quantitative estimate of drug-likeness (QED) is 0.816. The summed E-state index contributed by atoms with van der Waals surface area (Å²) in [5.41, 5.74) is 2.29. The molecule has 0 spiro atoms. The van der Waals surface area contributed by atoms with Crippen LogP contribution >= 0.6 is 0 Å². The molecule has 1 aromatic carbocycles. The third kappa shape index (κ3) is 2.05. The van der Waals surface area contributed by atoms with E-state index in [1.54, 1.807) is 0 Å². The van der Waals surface area contributed by atoms with E-state index >= 15 is 0 Å². The molecule has 0 N–H and O–H groups in total. The molecule has 0 saturated heterocycles. The standard InChI is InChI=1S/C14H16O3/c1-4-5-10-13(15)11-8-9(2)6-7-12(11)17-14(10)16-3/h6-8H,4-5H2,1-3H3. The first-order valence-corrected chi connectivity index (χ1v) is 5.77. The Kier molecular flexibility index (Phi) is 3.18. The number of aryl methyl sites for hydroxylation is 1. The maximum Gasteiger partial charge on any atom is 0.291 e. The van der Waals surface area contributed by atoms with Gasteiger partial charge in [-0.25, -0.2) is 0 Å². The summed E-state index contributed by atoms with van der Waals surface area (Å²) in [4.78, 5) is 12.3. The van der Waals surface area contributed by atoms with Gasteiger partial charge in [0.25, 0.3) is 5.95 Å². The fourth-order valence-corrected chi connectivity index (χ4v) is 1.96. The Labute approximate surface area is 100 Å². The van der Waals surface area contributed by atoms with Crippen LogP contribution in [0, 0.1) is 6.92 Å². The highest BCUT2D eigenvalue weighted by Gasteiger charge is 2.14. The van der Waals surface area contributed by atoms with Crippen molar-refractivity contribution >= 4 is 11.0 Å². The molecule has 17 heavy (non-hydrogen) atoms. The van der Waals surface area contributed by atoms with Crippen molar-refractivity contribution in [1.29, 1.82) is 0 Å². The molecular formula is C14H16O3. The Hall–Kier alpha value is -1.77. The van der Waals surface area contributed by atoms with E-state index in [1.807, 2.05) is 32.0 Å². The summed E-state index contributed by atoms with van der Waals surface area (Å²) in [5, 5.41) is 0.634. The molecule has 0 atom stereocenters. The minimum absolute atomic E-state index is 0.0219. The van der Waals surface area contributed by atoms with Gasteiger partial charge >= 0.3 is 0 Å². The van der Waals surface area contributed by atoms with Gasteiger partial charge in [0.2, 0.25) is 0 Å². The van der Waals surface area contributed by atoms with Crippen LogP contribution in [-0.2, 0) is 6.42 Å². The van der Waals surface area contributed by atoms with Crippen molar-refractivity contribution in [3.8, 4) is 5.95 Å². The van der Waals surface area contributed by atoms with Gasteiger partial charge in [-0.1, -0.05) is 25.0 Å². The molecule has 0 aliphatic rings. The molecular weight excluding hydrogens is 216 g/mol. The molecule has 0 aliphatic heterocycles. The number of hydrogen-bond donors (Lipinski definition) is 0. The Morgan fingerprint density at radius 3 is 2.76 bits per heavy atom. The van der Waals surface area contributed by atoms with E-state index in [9.17, 15) is 4.79 Å². The van der Waals surface area contributed by atoms with E-state index in [1.165, 1.54) is 7.11 Å². The molecule has 0 radical (unpaired) electrons. The third-order valence-electron chi connectivity index (χ3n) is 2.79. The molecule has 3 nitrogen and oxygen atoms in total. The lowest BCUT2D eigenvalue weighted by Crippen LogP contribution is -2.11. The molecule has 1 aromatic heterocycles. The Morgan fingerprint density at radius 2 is 2.12 bits per heavy atom. The lowest BCUT2D eigenvalue weighted by atomic mass is 10.1. The van der Waals surface area contributed by atoms with Gasteiger partial charge < -0.3 is 9.15 Å². The Morgan fingerprint density at radius 1 is 1.35 bits per heavy atom. The van der Waals surface area contributed by atoms with E-state index in [4.69, 9.17) is 9.15 Å². The molecule has 0 saturated carbocycles. The second kappa shape index (κ2) is 4.62. The Bertz CT molecular complexity index is 596. The number of rotatable bonds is 3. The van der Waals surface area contributed by atoms with Gasteiger partial charge in [-0.3, -0.25) is 4.79 Å². The molecule has 3 heteroatoms. The summed E-state index contributed by atoms with van der Waals surface area (Å²) < 4.78 is 10.8. The highest BCUT2D eigenvalue weighted by Crippen LogP contribution is 2.23. The van der Waals surface area contributed by atoms with Gasteiger partial charge in [0.1, 0.15) is 5.58 Å². The van der Waals surface area contributed by atoms with Gasteiger partial charge in [-0.15, -0.1) is 0 Å². The van der Waals surface area contributed by atoms with Crippen molar-refractivity contribution in [3.05, 3.63) is 39.5 Å². The predicted molar refractivity (Wildman–Crippen MR) is 67.8 cm³/mol. The van der Waals surface area contributed by atoms with Crippen LogP contribution in [0.2, 0.25) is 0 Å². The van der Waals surface area contributed by atoms with E-state index in [0.717, 1.165) is 12.0 Å². The first-order valence-electron chi connectivity index (χ1n) is 5.77. The van der Waals surface area contributed by atoms with E-state index in [0.29, 0.717) is 28.9 Å². The summed E-state index contributed by atoms with van der Waals surface area (Å²) in [6, 6.07) is 5.59. The lowest BCUT2D eigenvalue weighted by Gasteiger charge is -2.07. The molecule has 0 bridgehead atoms. The number of benzene rings is 1. The van der Waals surface area contributed by atoms with Crippen LogP contribution < -0.4 is 10.2 Å². The Balaban J connectivity index is 2.79. The third-order valence-corrected chi connectivity index (χ3v) is 2.79. The summed E-state index contributed by atoms with van der Waals surface area (Å²) >= 11 is 0. The second-order valence-electron chi connectivity index (χ2n) is 4.15. The number of methoxy groups -OCH3 is 1. The fourth-order valence-electron chi connectivity index (χ4n) is 1.96. The molecule has 90 valence electrons. The first kappa shape index (κ1) is 11.7. The minimum Gasteiger partial charge on any atom is -0.468 e. The molecule has 2 rings (SSSR count). The van der Waals surface area contributed by atoms with Crippen LogP contribution in [0.3, 0.4) is 0 Å². The summed E-state index contributed by atoms with van der Waals surface area (Å²) in [7, 11) is 1.53. The van der Waals surface area contributed by atoms with Crippen LogP contribution in [0.4, 0.5) is 0 Å². The number of hydrogen-bond acceptors (Lipinski definition) is 3. The van der Waals surface area contributed by atoms with Crippen LogP contribution in [0.5, 0.6) is 5.95 Å². The molecule has 2 aromatic rings. The van der Waals surface area contributed by atoms with Gasteiger partial charge in [0.05, 0.1) is 18.1 Å². The zero-order chi connectivity index (χ0) is 12.4. The van der Waals surface area contributed by atoms with Crippen molar-refractivity contribution < 1.29 is 9.15 Å². The number of ether oxygens (including phenoxy) is 1. The van der Waals surface area contributed by atoms with E-state index < -0.39 is 0 Å². The van der Waals surface area contributed by atoms with E-state index in [-0.39, 0.29) is 5.43 Å². The van der Waals surface area contributed by atoms with Crippen molar-refractivity contribution in [2.75, 3.05) is 7.11 Å². The van der Waals surface area contributed by atoms with Crippen molar-refractivity contribution in [2.45, 2.75) is 26.7 Å². The molecule has 0 amide bonds. The average molecular weight is 232 g/mol. The minimum atomic E-state index is 0.0219. The van der Waals surface area contributed by atoms with Gasteiger partial charge in [-0.2, -0.15) is 0 Å². The van der Waals surface area contributed by atoms with E-state index in [2.05, 4.69) is 0 Å². The van der Waals surface area contributed by atoms with Crippen LogP contribution in [0.1, 0.15) is 24.5 Å². The van der Waals surface area contributed by atoms with Crippen molar-refractivity contribution in [2.24, 2.45) is 0 Å². The van der Waals surface area contributed by atoms with Crippen molar-refractivity contribution in [3.63, 3.8) is 0 Å². The molecule has 1 heterocycles. The average Bonchev–Trinajstić information content (AvgIpc) is 2.33. The lowest BCUT2D eigenvalue weighted by molar-refractivity contribution is 0.304. The highest BCUT2D eigenvalue weighted by atomic mass is 16.6. The molecule has 0 fully saturated rings. The largest absolute Gasteiger partial charge is 0.468 e. The van der Waals surface area contributed by atoms with Crippen LogP contribution in [-0.4, -0.2) is 7.11 Å². The molecule has 0 aliphatic carbocycles. The molecule has 0 unspecified atom stereocenters. The second-order valence-corrected chi connectivity index (χ2v) is 4.15. The number of fused-ring (bicyclic) bond motifs is 1. The fraction of sp³-hybridized carbons (Fsp3) is 0.357. The van der Waals surface area contributed by atoms with Gasteiger partial charge in [0.15, 0.2) is 5.43 Å². The summed E-state index contributed by atoms with van der Waals surface area (Å²) in [5.74, 6) is 0.341. The zero-order valence-electron chi connectivity index (χ0n) is 10.4. The maximum atomic E-state index is 12.3. The SMILES string of the molecule is CCCc1c(OC)oc2ccc(C)cc2c1=O. The summed E-state index contributed by atoms with van der Waals surface area (Å²) in [6.45, 7) is 3.99. The van der Waals surface area contributed by atoms with Gasteiger partial charge in [-0.05, 0) is 25.5 Å². The van der Waals surface area contributed by atoms with Crippen LogP contribution in [0.15, 0.2) is 27.4 Å².